The highest BCUT2D eigenvalue weighted by Gasteiger charge is 2.13. The highest BCUT2D eigenvalue weighted by atomic mass is 16.7. The number of aryl methyl sites for hydroxylation is 1. The first kappa shape index (κ1) is 13.5. The molecule has 0 saturated carbocycles. The van der Waals surface area contributed by atoms with Gasteiger partial charge in [0.25, 0.3) is 0 Å². The Morgan fingerprint density at radius 3 is 3.05 bits per heavy atom. The molecule has 2 aromatic rings. The summed E-state index contributed by atoms with van der Waals surface area (Å²) in [6, 6.07) is 5.78. The molecule has 0 unspecified atom stereocenters. The van der Waals surface area contributed by atoms with Gasteiger partial charge in [0.05, 0.1) is 6.33 Å². The van der Waals surface area contributed by atoms with Gasteiger partial charge < -0.3 is 19.8 Å². The molecule has 6 nitrogen and oxygen atoms in total. The Bertz CT molecular complexity index is 611. The van der Waals surface area contributed by atoms with E-state index in [9.17, 15) is 4.79 Å². The molecule has 1 aliphatic rings. The van der Waals surface area contributed by atoms with Gasteiger partial charge in [-0.15, -0.1) is 0 Å². The van der Waals surface area contributed by atoms with Crippen LogP contribution in [0.4, 0.5) is 0 Å². The summed E-state index contributed by atoms with van der Waals surface area (Å²) in [5.41, 5.74) is 2.09. The van der Waals surface area contributed by atoms with Crippen molar-refractivity contribution < 1.29 is 14.3 Å². The van der Waals surface area contributed by atoms with Gasteiger partial charge >= 0.3 is 0 Å². The van der Waals surface area contributed by atoms with Crippen molar-refractivity contribution in [3.63, 3.8) is 0 Å². The summed E-state index contributed by atoms with van der Waals surface area (Å²) in [4.78, 5) is 18.7. The number of benzene rings is 1. The number of aromatic amines is 1. The second-order valence-electron chi connectivity index (χ2n) is 4.86. The minimum absolute atomic E-state index is 0.0483. The molecule has 1 aromatic heterocycles. The first-order valence-electron chi connectivity index (χ1n) is 6.94. The van der Waals surface area contributed by atoms with E-state index in [0.29, 0.717) is 19.4 Å². The number of H-pyrrole nitrogens is 1. The third-order valence-electron chi connectivity index (χ3n) is 3.35. The van der Waals surface area contributed by atoms with Crippen LogP contribution in [0.5, 0.6) is 11.5 Å². The average Bonchev–Trinajstić information content (AvgIpc) is 3.15. The van der Waals surface area contributed by atoms with Gasteiger partial charge in [0.15, 0.2) is 11.5 Å². The van der Waals surface area contributed by atoms with Crippen LogP contribution in [0.25, 0.3) is 0 Å². The molecule has 0 saturated heterocycles. The van der Waals surface area contributed by atoms with Crippen LogP contribution >= 0.6 is 0 Å². The lowest BCUT2D eigenvalue weighted by atomic mass is 10.1. The molecule has 2 heterocycles. The number of carbonyl (C=O) groups is 1. The normalized spacial score (nSPS) is 12.4. The number of imidazole rings is 1. The summed E-state index contributed by atoms with van der Waals surface area (Å²) >= 11 is 0. The molecule has 0 atom stereocenters. The van der Waals surface area contributed by atoms with E-state index in [0.717, 1.165) is 29.2 Å². The molecule has 1 aromatic carbocycles. The van der Waals surface area contributed by atoms with Gasteiger partial charge in [0, 0.05) is 31.3 Å². The first-order chi connectivity index (χ1) is 10.3. The highest BCUT2D eigenvalue weighted by molar-refractivity contribution is 5.76. The molecule has 21 heavy (non-hydrogen) atoms. The van der Waals surface area contributed by atoms with Crippen LogP contribution in [-0.4, -0.2) is 29.2 Å². The minimum Gasteiger partial charge on any atom is -0.454 e. The molecule has 6 heteroatoms. The summed E-state index contributed by atoms with van der Waals surface area (Å²) < 4.78 is 10.6. The maximum Gasteiger partial charge on any atom is 0.231 e. The molecule has 110 valence electrons. The number of hydrogen-bond acceptors (Lipinski definition) is 4. The summed E-state index contributed by atoms with van der Waals surface area (Å²) in [7, 11) is 0. The fourth-order valence-electron chi connectivity index (χ4n) is 2.20. The second-order valence-corrected chi connectivity index (χ2v) is 4.86. The van der Waals surface area contributed by atoms with Crippen LogP contribution in [0.2, 0.25) is 0 Å². The van der Waals surface area contributed by atoms with Gasteiger partial charge in [-0.25, -0.2) is 4.98 Å². The molecule has 0 fully saturated rings. The van der Waals surface area contributed by atoms with Crippen molar-refractivity contribution in [3.8, 4) is 11.5 Å². The van der Waals surface area contributed by atoms with Crippen molar-refractivity contribution in [1.82, 2.24) is 15.3 Å². The maximum atomic E-state index is 11.8. The molecule has 3 rings (SSSR count). The van der Waals surface area contributed by atoms with Crippen LogP contribution in [0.15, 0.2) is 30.7 Å². The van der Waals surface area contributed by atoms with Crippen molar-refractivity contribution in [1.29, 1.82) is 0 Å². The fourth-order valence-corrected chi connectivity index (χ4v) is 2.20. The Morgan fingerprint density at radius 2 is 2.19 bits per heavy atom. The van der Waals surface area contributed by atoms with E-state index < -0.39 is 0 Å². The minimum atomic E-state index is 0.0483. The van der Waals surface area contributed by atoms with Crippen LogP contribution in [0, 0.1) is 0 Å². The van der Waals surface area contributed by atoms with E-state index in [4.69, 9.17) is 9.47 Å². The number of carbonyl (C=O) groups excluding carboxylic acids is 1. The maximum absolute atomic E-state index is 11.8. The van der Waals surface area contributed by atoms with Crippen LogP contribution < -0.4 is 14.8 Å². The van der Waals surface area contributed by atoms with Crippen molar-refractivity contribution in [2.75, 3.05) is 13.3 Å². The van der Waals surface area contributed by atoms with E-state index in [2.05, 4.69) is 15.3 Å². The largest absolute Gasteiger partial charge is 0.454 e. The smallest absolute Gasteiger partial charge is 0.231 e. The second kappa shape index (κ2) is 6.30. The summed E-state index contributed by atoms with van der Waals surface area (Å²) in [6.45, 7) is 0.884. The molecule has 0 bridgehead atoms. The van der Waals surface area contributed by atoms with Gasteiger partial charge in [-0.1, -0.05) is 6.07 Å². The van der Waals surface area contributed by atoms with Gasteiger partial charge in [-0.3, -0.25) is 4.79 Å². The van der Waals surface area contributed by atoms with Crippen molar-refractivity contribution in [3.05, 3.63) is 42.0 Å². The Balaban J connectivity index is 1.41. The van der Waals surface area contributed by atoms with Gasteiger partial charge in [-0.05, 0) is 24.1 Å². The van der Waals surface area contributed by atoms with E-state index in [-0.39, 0.29) is 12.7 Å². The SMILES string of the molecule is O=C(CCc1ccc2c(c1)OCO2)NCCc1cnc[nH]1. The van der Waals surface area contributed by atoms with Crippen molar-refractivity contribution >= 4 is 5.91 Å². The van der Waals surface area contributed by atoms with Gasteiger partial charge in [0.1, 0.15) is 0 Å². The Hall–Kier alpha value is -2.50. The van der Waals surface area contributed by atoms with Crippen LogP contribution in [0.3, 0.4) is 0 Å². The Morgan fingerprint density at radius 1 is 1.29 bits per heavy atom. The Kier molecular flexibility index (Phi) is 4.04. The fraction of sp³-hybridized carbons (Fsp3) is 0.333. The topological polar surface area (TPSA) is 76.2 Å². The van der Waals surface area contributed by atoms with Gasteiger partial charge in [-0.2, -0.15) is 0 Å². The van der Waals surface area contributed by atoms with E-state index >= 15 is 0 Å². The Labute approximate surface area is 122 Å². The number of fused-ring (bicyclic) bond motifs is 1. The van der Waals surface area contributed by atoms with E-state index in [1.807, 2.05) is 18.2 Å². The number of ether oxygens (including phenoxy) is 2. The third kappa shape index (κ3) is 3.53. The molecule has 0 radical (unpaired) electrons. The van der Waals surface area contributed by atoms with Crippen molar-refractivity contribution in [2.24, 2.45) is 0 Å². The number of rotatable bonds is 6. The van der Waals surface area contributed by atoms with Gasteiger partial charge in [0.2, 0.25) is 12.7 Å². The predicted molar refractivity (Wildman–Crippen MR) is 76.2 cm³/mol. The summed E-state index contributed by atoms with van der Waals surface area (Å²) in [6.07, 6.45) is 5.31. The van der Waals surface area contributed by atoms with Crippen LogP contribution in [-0.2, 0) is 17.6 Å². The average molecular weight is 287 g/mol. The highest BCUT2D eigenvalue weighted by Crippen LogP contribution is 2.32. The number of hydrogen-bond donors (Lipinski definition) is 2. The van der Waals surface area contributed by atoms with E-state index in [1.54, 1.807) is 12.5 Å². The number of aromatic nitrogens is 2. The molecule has 0 aliphatic carbocycles. The lowest BCUT2D eigenvalue weighted by molar-refractivity contribution is -0.121. The molecular weight excluding hydrogens is 270 g/mol. The lowest BCUT2D eigenvalue weighted by Gasteiger charge is -2.05. The van der Waals surface area contributed by atoms with Crippen LogP contribution in [0.1, 0.15) is 17.7 Å². The third-order valence-corrected chi connectivity index (χ3v) is 3.35. The predicted octanol–water partition coefficient (Wildman–Crippen LogP) is 1.43. The zero-order valence-electron chi connectivity index (χ0n) is 11.6. The molecular formula is C15H17N3O3. The molecule has 1 amide bonds. The van der Waals surface area contributed by atoms with E-state index in [1.165, 1.54) is 0 Å². The lowest BCUT2D eigenvalue weighted by Crippen LogP contribution is -2.25. The quantitative estimate of drug-likeness (QED) is 0.842. The number of nitrogens with zero attached hydrogens (tertiary/aromatic N) is 1. The zero-order chi connectivity index (χ0) is 14.5. The number of nitrogens with one attached hydrogen (secondary N) is 2. The number of amides is 1. The summed E-state index contributed by atoms with van der Waals surface area (Å²) in [5, 5.41) is 2.90. The summed E-state index contributed by atoms with van der Waals surface area (Å²) in [5.74, 6) is 1.57. The van der Waals surface area contributed by atoms with Crippen molar-refractivity contribution in [2.45, 2.75) is 19.3 Å². The molecule has 0 spiro atoms. The standard InChI is InChI=1S/C15H17N3O3/c19-15(17-6-5-12-8-16-9-18-12)4-2-11-1-3-13-14(7-11)21-10-20-13/h1,3,7-9H,2,4-6,10H2,(H,16,18)(H,17,19). The monoisotopic (exact) mass is 287 g/mol. The zero-order valence-corrected chi connectivity index (χ0v) is 11.6. The first-order valence-corrected chi connectivity index (χ1v) is 6.94. The molecule has 2 N–H and O–H groups in total. The molecule has 1 aliphatic heterocycles.